The highest BCUT2D eigenvalue weighted by atomic mass is 32.1. The Hall–Kier alpha value is -2.33. The number of aliphatic hydroxyl groups is 1. The molecule has 1 saturated heterocycles. The lowest BCUT2D eigenvalue weighted by Crippen LogP contribution is -2.32. The van der Waals surface area contributed by atoms with Crippen molar-refractivity contribution >= 4 is 22.4 Å². The fourth-order valence-corrected chi connectivity index (χ4v) is 3.79. The van der Waals surface area contributed by atoms with Gasteiger partial charge in [-0.2, -0.15) is 13.2 Å². The molecule has 0 bridgehead atoms. The molecule has 3 rings (SSSR count). The zero-order valence-electron chi connectivity index (χ0n) is 14.3. The van der Waals surface area contributed by atoms with E-state index in [0.717, 1.165) is 23.5 Å². The van der Waals surface area contributed by atoms with E-state index >= 15 is 0 Å². The summed E-state index contributed by atoms with van der Waals surface area (Å²) in [6.45, 7) is 0.250. The van der Waals surface area contributed by atoms with E-state index in [1.165, 1.54) is 25.4 Å². The van der Waals surface area contributed by atoms with Gasteiger partial charge in [0, 0.05) is 6.42 Å². The van der Waals surface area contributed by atoms with Crippen LogP contribution < -0.4 is 9.64 Å². The van der Waals surface area contributed by atoms with Crippen LogP contribution in [-0.4, -0.2) is 48.5 Å². The van der Waals surface area contributed by atoms with Gasteiger partial charge in [0.05, 0.1) is 38.1 Å². The SMILES string of the molecule is COC(=O)c1cnc(N2C[C@@H](Oc3ccc(C(F)(F)F)cc3)C[C@H]2CO)s1. The second-order valence-electron chi connectivity index (χ2n) is 5.99. The fraction of sp³-hybridized carbons (Fsp3) is 0.412. The van der Waals surface area contributed by atoms with Crippen LogP contribution >= 0.6 is 11.3 Å². The Morgan fingerprint density at radius 2 is 2.07 bits per heavy atom. The van der Waals surface area contributed by atoms with Crippen LogP contribution in [0, 0.1) is 0 Å². The van der Waals surface area contributed by atoms with Crippen LogP contribution in [0.5, 0.6) is 5.75 Å². The number of nitrogens with zero attached hydrogens (tertiary/aromatic N) is 2. The number of ether oxygens (including phenoxy) is 2. The topological polar surface area (TPSA) is 71.9 Å². The Balaban J connectivity index is 1.69. The van der Waals surface area contributed by atoms with E-state index in [0.29, 0.717) is 28.7 Å². The largest absolute Gasteiger partial charge is 0.489 e. The first-order chi connectivity index (χ1) is 12.8. The standard InChI is InChI=1S/C17H17F3N2O4S/c1-25-15(24)14-7-21-16(27-14)22-8-13(6-11(22)9-23)26-12-4-2-10(3-5-12)17(18,19)20/h2-5,7,11,13,23H,6,8-9H2,1H3/t11-,13-/m0/s1. The Morgan fingerprint density at radius 3 is 2.67 bits per heavy atom. The Bertz CT molecular complexity index is 794. The lowest BCUT2D eigenvalue weighted by molar-refractivity contribution is -0.137. The molecule has 1 aliphatic heterocycles. The molecule has 0 radical (unpaired) electrons. The monoisotopic (exact) mass is 402 g/mol. The molecule has 146 valence electrons. The van der Waals surface area contributed by atoms with Crippen molar-refractivity contribution in [2.45, 2.75) is 24.7 Å². The van der Waals surface area contributed by atoms with Crippen LogP contribution in [0.4, 0.5) is 18.3 Å². The molecule has 2 aromatic rings. The van der Waals surface area contributed by atoms with Gasteiger partial charge in [-0.15, -0.1) is 0 Å². The van der Waals surface area contributed by atoms with Gasteiger partial charge < -0.3 is 19.5 Å². The predicted molar refractivity (Wildman–Crippen MR) is 92.2 cm³/mol. The summed E-state index contributed by atoms with van der Waals surface area (Å²) in [5.41, 5.74) is -0.741. The maximum absolute atomic E-state index is 12.6. The summed E-state index contributed by atoms with van der Waals surface area (Å²) in [6, 6.07) is 4.22. The number of anilines is 1. The third-order valence-corrected chi connectivity index (χ3v) is 5.21. The van der Waals surface area contributed by atoms with Crippen LogP contribution in [-0.2, 0) is 10.9 Å². The summed E-state index contributed by atoms with van der Waals surface area (Å²) in [5.74, 6) is -0.169. The van der Waals surface area contributed by atoms with Crippen molar-refractivity contribution in [3.8, 4) is 5.75 Å². The third-order valence-electron chi connectivity index (χ3n) is 4.20. The summed E-state index contributed by atoms with van der Waals surface area (Å²) < 4.78 is 48.3. The normalized spacial score (nSPS) is 20.0. The van der Waals surface area contributed by atoms with E-state index < -0.39 is 17.7 Å². The van der Waals surface area contributed by atoms with Crippen LogP contribution in [0.15, 0.2) is 30.5 Å². The van der Waals surface area contributed by atoms with Gasteiger partial charge in [0.1, 0.15) is 16.7 Å². The molecule has 1 aromatic heterocycles. The number of benzene rings is 1. The smallest absolute Gasteiger partial charge is 0.416 e. The summed E-state index contributed by atoms with van der Waals surface area (Å²) in [7, 11) is 1.28. The second kappa shape index (κ2) is 7.73. The maximum Gasteiger partial charge on any atom is 0.416 e. The number of hydrogen-bond donors (Lipinski definition) is 1. The molecule has 1 aromatic carbocycles. The highest BCUT2D eigenvalue weighted by Gasteiger charge is 2.35. The first kappa shape index (κ1) is 19.4. The van der Waals surface area contributed by atoms with Crippen molar-refractivity contribution in [2.75, 3.05) is 25.2 Å². The van der Waals surface area contributed by atoms with Crippen LogP contribution in [0.25, 0.3) is 0 Å². The lowest BCUT2D eigenvalue weighted by Gasteiger charge is -2.21. The highest BCUT2D eigenvalue weighted by Crippen LogP contribution is 2.33. The van der Waals surface area contributed by atoms with Crippen LogP contribution in [0.1, 0.15) is 21.7 Å². The molecule has 27 heavy (non-hydrogen) atoms. The molecule has 10 heteroatoms. The molecule has 1 aliphatic rings. The number of carbonyl (C=O) groups is 1. The van der Waals surface area contributed by atoms with Gasteiger partial charge in [-0.3, -0.25) is 0 Å². The highest BCUT2D eigenvalue weighted by molar-refractivity contribution is 7.17. The summed E-state index contributed by atoms with van der Waals surface area (Å²) in [5, 5.41) is 10.2. The van der Waals surface area contributed by atoms with Crippen molar-refractivity contribution in [3.05, 3.63) is 40.9 Å². The van der Waals surface area contributed by atoms with Crippen molar-refractivity contribution < 1.29 is 32.5 Å². The molecule has 6 nitrogen and oxygen atoms in total. The molecule has 0 aliphatic carbocycles. The minimum atomic E-state index is -4.40. The Morgan fingerprint density at radius 1 is 1.37 bits per heavy atom. The number of hydrogen-bond acceptors (Lipinski definition) is 7. The van der Waals surface area contributed by atoms with Crippen molar-refractivity contribution in [2.24, 2.45) is 0 Å². The van der Waals surface area contributed by atoms with E-state index in [4.69, 9.17) is 4.74 Å². The van der Waals surface area contributed by atoms with Crippen molar-refractivity contribution in [3.63, 3.8) is 0 Å². The average Bonchev–Trinajstić information content (AvgIpc) is 3.27. The molecule has 0 spiro atoms. The quantitative estimate of drug-likeness (QED) is 0.776. The van der Waals surface area contributed by atoms with Crippen LogP contribution in [0.3, 0.4) is 0 Å². The molecule has 0 amide bonds. The lowest BCUT2D eigenvalue weighted by atomic mass is 10.2. The third kappa shape index (κ3) is 4.33. The Kier molecular flexibility index (Phi) is 5.56. The number of carbonyl (C=O) groups excluding carboxylic acids is 1. The molecule has 1 fully saturated rings. The van der Waals surface area contributed by atoms with Gasteiger partial charge in [-0.1, -0.05) is 11.3 Å². The van der Waals surface area contributed by atoms with E-state index in [-0.39, 0.29) is 18.8 Å². The maximum atomic E-state index is 12.6. The number of thiazole rings is 1. The summed E-state index contributed by atoms with van der Waals surface area (Å²) >= 11 is 1.14. The van der Waals surface area contributed by atoms with E-state index in [9.17, 15) is 23.1 Å². The number of aromatic nitrogens is 1. The minimum Gasteiger partial charge on any atom is -0.489 e. The number of aliphatic hydroxyl groups excluding tert-OH is 1. The van der Waals surface area contributed by atoms with Gasteiger partial charge in [0.15, 0.2) is 5.13 Å². The van der Waals surface area contributed by atoms with Gasteiger partial charge in [0.25, 0.3) is 0 Å². The van der Waals surface area contributed by atoms with E-state index in [1.54, 1.807) is 0 Å². The minimum absolute atomic E-state index is 0.139. The van der Waals surface area contributed by atoms with Gasteiger partial charge >= 0.3 is 12.1 Å². The first-order valence-corrected chi connectivity index (χ1v) is 8.89. The summed E-state index contributed by atoms with van der Waals surface area (Å²) in [4.78, 5) is 17.9. The molecule has 1 N–H and O–H groups in total. The van der Waals surface area contributed by atoms with Crippen LogP contribution in [0.2, 0.25) is 0 Å². The number of methoxy groups -OCH3 is 1. The van der Waals surface area contributed by atoms with E-state index in [1.807, 2.05) is 4.90 Å². The van der Waals surface area contributed by atoms with E-state index in [2.05, 4.69) is 9.72 Å². The number of halogens is 3. The van der Waals surface area contributed by atoms with Crippen molar-refractivity contribution in [1.82, 2.24) is 4.98 Å². The molecule has 0 unspecified atom stereocenters. The number of rotatable bonds is 5. The molecule has 2 heterocycles. The summed E-state index contributed by atoms with van der Waals surface area (Å²) in [6.07, 6.45) is -2.84. The molecular formula is C17H17F3N2O4S. The average molecular weight is 402 g/mol. The van der Waals surface area contributed by atoms with Crippen molar-refractivity contribution in [1.29, 1.82) is 0 Å². The zero-order chi connectivity index (χ0) is 19.6. The fourth-order valence-electron chi connectivity index (χ4n) is 2.87. The predicted octanol–water partition coefficient (Wildman–Crippen LogP) is 2.97. The van der Waals surface area contributed by atoms with Gasteiger partial charge in [-0.25, -0.2) is 9.78 Å². The zero-order valence-corrected chi connectivity index (χ0v) is 15.1. The van der Waals surface area contributed by atoms with Gasteiger partial charge in [-0.05, 0) is 24.3 Å². The first-order valence-electron chi connectivity index (χ1n) is 8.07. The number of esters is 1. The molecule has 2 atom stereocenters. The van der Waals surface area contributed by atoms with Gasteiger partial charge in [0.2, 0.25) is 0 Å². The molecule has 0 saturated carbocycles. The number of alkyl halides is 3. The molecular weight excluding hydrogens is 385 g/mol. The second-order valence-corrected chi connectivity index (χ2v) is 6.99. The Labute approximate surface area is 157 Å².